The molecule has 0 unspecified atom stereocenters. The third-order valence-corrected chi connectivity index (χ3v) is 4.57. The highest BCUT2D eigenvalue weighted by Gasteiger charge is 2.13. The van der Waals surface area contributed by atoms with Crippen LogP contribution in [-0.2, 0) is 0 Å². The first kappa shape index (κ1) is 19.4. The molecule has 6 nitrogen and oxygen atoms in total. The molecular formula is C23H20FN3O3. The van der Waals surface area contributed by atoms with Crippen molar-refractivity contribution in [3.8, 4) is 17.2 Å². The Bertz CT molecular complexity index is 1220. The van der Waals surface area contributed by atoms with Gasteiger partial charge in [0.2, 0.25) is 5.95 Å². The minimum Gasteiger partial charge on any atom is -0.493 e. The van der Waals surface area contributed by atoms with Gasteiger partial charge in [-0.25, -0.2) is 13.9 Å². The van der Waals surface area contributed by atoms with Gasteiger partial charge in [-0.3, -0.25) is 4.79 Å². The van der Waals surface area contributed by atoms with Crippen molar-refractivity contribution in [3.05, 3.63) is 89.0 Å². The van der Waals surface area contributed by atoms with E-state index in [0.29, 0.717) is 47.2 Å². The minimum atomic E-state index is -0.375. The molecule has 3 aromatic carbocycles. The highest BCUT2D eigenvalue weighted by atomic mass is 19.1. The predicted molar refractivity (Wildman–Crippen MR) is 114 cm³/mol. The maximum Gasteiger partial charge on any atom is 0.267 e. The summed E-state index contributed by atoms with van der Waals surface area (Å²) in [6, 6.07) is 20.2. The molecule has 7 heteroatoms. The summed E-state index contributed by atoms with van der Waals surface area (Å²) in [5.41, 5.74) is 0.863. The maximum absolute atomic E-state index is 13.4. The molecule has 0 aliphatic heterocycles. The van der Waals surface area contributed by atoms with Gasteiger partial charge in [-0.1, -0.05) is 24.3 Å². The van der Waals surface area contributed by atoms with Crippen LogP contribution < -0.4 is 20.3 Å². The number of benzene rings is 3. The summed E-state index contributed by atoms with van der Waals surface area (Å²) < 4.78 is 25.9. The fraction of sp³-hybridized carbons (Fsp3) is 0.130. The number of halogens is 1. The van der Waals surface area contributed by atoms with Crippen LogP contribution >= 0.6 is 0 Å². The zero-order valence-corrected chi connectivity index (χ0v) is 16.3. The molecule has 0 atom stereocenters. The van der Waals surface area contributed by atoms with E-state index >= 15 is 0 Å². The topological polar surface area (TPSA) is 65.4 Å². The standard InChI is InChI=1S/C23H20FN3O3/c1-29-20-8-4-5-9-21(20)30-15-14-25-23-26-19-7-3-2-6-18(19)22(28)27(23)17-12-10-16(24)11-13-17/h2-13H,14-15H2,1H3,(H,25,26). The molecule has 0 aliphatic carbocycles. The van der Waals surface area contributed by atoms with Crippen molar-refractivity contribution in [1.29, 1.82) is 0 Å². The van der Waals surface area contributed by atoms with Crippen molar-refractivity contribution >= 4 is 16.9 Å². The van der Waals surface area contributed by atoms with E-state index in [-0.39, 0.29) is 11.4 Å². The van der Waals surface area contributed by atoms with E-state index in [1.54, 1.807) is 37.4 Å². The van der Waals surface area contributed by atoms with E-state index in [9.17, 15) is 9.18 Å². The van der Waals surface area contributed by atoms with Gasteiger partial charge in [0.15, 0.2) is 11.5 Å². The van der Waals surface area contributed by atoms with Crippen LogP contribution in [0, 0.1) is 5.82 Å². The third-order valence-electron chi connectivity index (χ3n) is 4.57. The second-order valence-corrected chi connectivity index (χ2v) is 6.50. The number of fused-ring (bicyclic) bond motifs is 1. The fourth-order valence-corrected chi connectivity index (χ4v) is 3.14. The normalized spacial score (nSPS) is 10.7. The van der Waals surface area contributed by atoms with Gasteiger partial charge in [0.1, 0.15) is 12.4 Å². The Balaban J connectivity index is 1.61. The third kappa shape index (κ3) is 3.96. The first-order chi connectivity index (χ1) is 14.7. The van der Waals surface area contributed by atoms with Gasteiger partial charge < -0.3 is 14.8 Å². The number of ether oxygens (including phenoxy) is 2. The molecule has 0 radical (unpaired) electrons. The minimum absolute atomic E-state index is 0.236. The Labute approximate surface area is 172 Å². The van der Waals surface area contributed by atoms with Crippen molar-refractivity contribution in [2.45, 2.75) is 0 Å². The molecule has 30 heavy (non-hydrogen) atoms. The Hall–Kier alpha value is -3.87. The van der Waals surface area contributed by atoms with Crippen LogP contribution in [0.3, 0.4) is 0 Å². The van der Waals surface area contributed by atoms with Gasteiger partial charge in [-0.2, -0.15) is 0 Å². The number of rotatable bonds is 7. The molecule has 152 valence electrons. The molecule has 1 aromatic heterocycles. The summed E-state index contributed by atoms with van der Waals surface area (Å²) in [5, 5.41) is 3.64. The summed E-state index contributed by atoms with van der Waals surface area (Å²) in [4.78, 5) is 17.7. The lowest BCUT2D eigenvalue weighted by Gasteiger charge is -2.15. The van der Waals surface area contributed by atoms with Gasteiger partial charge in [0.05, 0.1) is 30.2 Å². The van der Waals surface area contributed by atoms with E-state index in [2.05, 4.69) is 10.3 Å². The molecule has 0 fully saturated rings. The highest BCUT2D eigenvalue weighted by molar-refractivity contribution is 5.79. The lowest BCUT2D eigenvalue weighted by atomic mass is 10.2. The molecule has 1 heterocycles. The van der Waals surface area contributed by atoms with Crippen LogP contribution in [-0.4, -0.2) is 29.8 Å². The van der Waals surface area contributed by atoms with E-state index in [1.165, 1.54) is 16.7 Å². The van der Waals surface area contributed by atoms with Crippen LogP contribution in [0.15, 0.2) is 77.6 Å². The van der Waals surface area contributed by atoms with Crippen molar-refractivity contribution in [3.63, 3.8) is 0 Å². The zero-order chi connectivity index (χ0) is 20.9. The van der Waals surface area contributed by atoms with Crippen molar-refractivity contribution in [1.82, 2.24) is 9.55 Å². The lowest BCUT2D eigenvalue weighted by Crippen LogP contribution is -2.25. The highest BCUT2D eigenvalue weighted by Crippen LogP contribution is 2.25. The van der Waals surface area contributed by atoms with Crippen LogP contribution in [0.1, 0.15) is 0 Å². The smallest absolute Gasteiger partial charge is 0.267 e. The first-order valence-corrected chi connectivity index (χ1v) is 9.45. The number of aromatic nitrogens is 2. The van der Waals surface area contributed by atoms with E-state index in [1.807, 2.05) is 30.3 Å². The summed E-state index contributed by atoms with van der Waals surface area (Å²) in [6.07, 6.45) is 0. The van der Waals surface area contributed by atoms with Crippen LogP contribution in [0.5, 0.6) is 11.5 Å². The molecular weight excluding hydrogens is 385 g/mol. The van der Waals surface area contributed by atoms with Crippen LogP contribution in [0.4, 0.5) is 10.3 Å². The van der Waals surface area contributed by atoms with Crippen LogP contribution in [0.2, 0.25) is 0 Å². The molecule has 0 bridgehead atoms. The number of anilines is 1. The summed E-state index contributed by atoms with van der Waals surface area (Å²) in [7, 11) is 1.58. The molecule has 0 spiro atoms. The number of hydrogen-bond acceptors (Lipinski definition) is 5. The largest absolute Gasteiger partial charge is 0.493 e. The molecule has 4 rings (SSSR count). The average molecular weight is 405 g/mol. The zero-order valence-electron chi connectivity index (χ0n) is 16.3. The van der Waals surface area contributed by atoms with E-state index in [4.69, 9.17) is 9.47 Å². The molecule has 0 saturated carbocycles. The molecule has 0 aliphatic rings. The summed E-state index contributed by atoms with van der Waals surface area (Å²) in [5.74, 6) is 1.25. The monoisotopic (exact) mass is 405 g/mol. The van der Waals surface area contributed by atoms with Crippen molar-refractivity contribution in [2.75, 3.05) is 25.6 Å². The first-order valence-electron chi connectivity index (χ1n) is 9.45. The lowest BCUT2D eigenvalue weighted by molar-refractivity contribution is 0.305. The number of nitrogens with one attached hydrogen (secondary N) is 1. The van der Waals surface area contributed by atoms with Crippen LogP contribution in [0.25, 0.3) is 16.6 Å². The number of hydrogen-bond donors (Lipinski definition) is 1. The van der Waals surface area contributed by atoms with Crippen molar-refractivity contribution in [2.24, 2.45) is 0 Å². The second kappa shape index (κ2) is 8.65. The van der Waals surface area contributed by atoms with Gasteiger partial charge in [-0.15, -0.1) is 0 Å². The van der Waals surface area contributed by atoms with E-state index in [0.717, 1.165) is 0 Å². The predicted octanol–water partition coefficient (Wildman–Crippen LogP) is 4.02. The van der Waals surface area contributed by atoms with Gasteiger partial charge in [0.25, 0.3) is 5.56 Å². The molecule has 0 saturated heterocycles. The SMILES string of the molecule is COc1ccccc1OCCNc1nc2ccccc2c(=O)n1-c1ccc(F)cc1. The van der Waals surface area contributed by atoms with Gasteiger partial charge in [0, 0.05) is 0 Å². The number of methoxy groups -OCH3 is 1. The average Bonchev–Trinajstić information content (AvgIpc) is 2.78. The molecule has 0 amide bonds. The molecule has 1 N–H and O–H groups in total. The van der Waals surface area contributed by atoms with Gasteiger partial charge >= 0.3 is 0 Å². The number of nitrogens with zero attached hydrogens (tertiary/aromatic N) is 2. The summed E-state index contributed by atoms with van der Waals surface area (Å²) >= 11 is 0. The van der Waals surface area contributed by atoms with Crippen molar-refractivity contribution < 1.29 is 13.9 Å². The Morgan fingerprint density at radius 2 is 1.67 bits per heavy atom. The number of para-hydroxylation sites is 3. The van der Waals surface area contributed by atoms with Gasteiger partial charge in [-0.05, 0) is 48.5 Å². The Morgan fingerprint density at radius 3 is 2.43 bits per heavy atom. The molecule has 4 aromatic rings. The quantitative estimate of drug-likeness (QED) is 0.471. The second-order valence-electron chi connectivity index (χ2n) is 6.50. The summed E-state index contributed by atoms with van der Waals surface area (Å²) in [6.45, 7) is 0.719. The fourth-order valence-electron chi connectivity index (χ4n) is 3.14. The maximum atomic E-state index is 13.4. The Kier molecular flexibility index (Phi) is 5.61. The Morgan fingerprint density at radius 1 is 0.967 bits per heavy atom. The van der Waals surface area contributed by atoms with E-state index < -0.39 is 0 Å².